The quantitative estimate of drug-likeness (QED) is 0.487. The number of nitrogens with one attached hydrogen (secondary N) is 1. The second-order valence-corrected chi connectivity index (χ2v) is 8.43. The zero-order valence-electron chi connectivity index (χ0n) is 15.4. The minimum Gasteiger partial charge on any atom is -0.497 e. The predicted octanol–water partition coefficient (Wildman–Crippen LogP) is 2.90. The lowest BCUT2D eigenvalue weighted by Crippen LogP contribution is -2.33. The summed E-state index contributed by atoms with van der Waals surface area (Å²) in [5, 5.41) is 8.62. The molecular formula is C20H20N2O5S. The van der Waals surface area contributed by atoms with Crippen molar-refractivity contribution >= 4 is 26.6 Å². The molecule has 3 aromatic rings. The van der Waals surface area contributed by atoms with Gasteiger partial charge in [0.05, 0.1) is 23.4 Å². The maximum Gasteiger partial charge on any atom is 0.247 e. The molecule has 0 aliphatic heterocycles. The van der Waals surface area contributed by atoms with E-state index in [1.54, 1.807) is 48.1 Å². The van der Waals surface area contributed by atoms with E-state index in [9.17, 15) is 13.2 Å². The molecule has 2 atom stereocenters. The number of sulfone groups is 1. The highest BCUT2D eigenvalue weighted by Crippen LogP contribution is 2.37. The lowest BCUT2D eigenvalue weighted by Gasteiger charge is -2.23. The maximum absolute atomic E-state index is 13.4. The minimum absolute atomic E-state index is 0.0576. The van der Waals surface area contributed by atoms with Crippen LogP contribution in [0.5, 0.6) is 5.75 Å². The Labute approximate surface area is 162 Å². The van der Waals surface area contributed by atoms with Crippen LogP contribution in [0, 0.1) is 5.92 Å². The summed E-state index contributed by atoms with van der Waals surface area (Å²) < 4.78 is 31.9. The van der Waals surface area contributed by atoms with Crippen LogP contribution in [-0.4, -0.2) is 31.6 Å². The summed E-state index contributed by atoms with van der Waals surface area (Å²) >= 11 is 0. The zero-order chi connectivity index (χ0) is 20.3. The van der Waals surface area contributed by atoms with Gasteiger partial charge in [0.15, 0.2) is 9.84 Å². The normalized spacial score (nSPS) is 13.7. The number of pyridine rings is 1. The van der Waals surface area contributed by atoms with Crippen LogP contribution in [0.4, 0.5) is 0 Å². The molecule has 28 heavy (non-hydrogen) atoms. The summed E-state index contributed by atoms with van der Waals surface area (Å²) in [6, 6.07) is 14.6. The Morgan fingerprint density at radius 2 is 1.86 bits per heavy atom. The lowest BCUT2D eigenvalue weighted by molar-refractivity contribution is -0.132. The van der Waals surface area contributed by atoms with E-state index in [-0.39, 0.29) is 4.90 Å². The molecule has 0 aliphatic rings. The van der Waals surface area contributed by atoms with Gasteiger partial charge in [0.2, 0.25) is 5.91 Å². The number of hydroxylamine groups is 1. The van der Waals surface area contributed by atoms with Gasteiger partial charge in [-0.3, -0.25) is 15.0 Å². The van der Waals surface area contributed by atoms with Crippen molar-refractivity contribution < 1.29 is 23.2 Å². The summed E-state index contributed by atoms with van der Waals surface area (Å²) in [4.78, 5) is 16.4. The van der Waals surface area contributed by atoms with Crippen molar-refractivity contribution in [2.24, 2.45) is 5.92 Å². The molecular weight excluding hydrogens is 380 g/mol. The molecule has 0 radical (unpaired) electrons. The second-order valence-electron chi connectivity index (χ2n) is 6.36. The highest BCUT2D eigenvalue weighted by molar-refractivity contribution is 7.91. The SMILES string of the molecule is COc1ccc(S(=O)(=O)C(c2ccc3ncccc3c2)C(C)C(=O)NO)cc1. The molecule has 2 unspecified atom stereocenters. The van der Waals surface area contributed by atoms with E-state index in [0.29, 0.717) is 16.8 Å². The molecule has 2 N–H and O–H groups in total. The third kappa shape index (κ3) is 3.69. The first kappa shape index (κ1) is 19.8. The number of carbonyl (C=O) groups excluding carboxylic acids is 1. The van der Waals surface area contributed by atoms with Crippen molar-refractivity contribution in [2.45, 2.75) is 17.1 Å². The molecule has 7 nitrogen and oxygen atoms in total. The number of benzene rings is 2. The van der Waals surface area contributed by atoms with Gasteiger partial charge in [-0.1, -0.05) is 19.1 Å². The molecule has 146 valence electrons. The zero-order valence-corrected chi connectivity index (χ0v) is 16.2. The Kier molecular flexibility index (Phi) is 5.62. The topological polar surface area (TPSA) is 106 Å². The van der Waals surface area contributed by atoms with E-state index < -0.39 is 26.9 Å². The van der Waals surface area contributed by atoms with Crippen molar-refractivity contribution in [3.05, 3.63) is 66.4 Å². The van der Waals surface area contributed by atoms with E-state index >= 15 is 0 Å². The van der Waals surface area contributed by atoms with E-state index in [2.05, 4.69) is 4.98 Å². The largest absolute Gasteiger partial charge is 0.497 e. The van der Waals surface area contributed by atoms with Crippen LogP contribution in [0.2, 0.25) is 0 Å². The molecule has 0 aliphatic carbocycles. The third-order valence-corrected chi connectivity index (χ3v) is 6.93. The number of aromatic nitrogens is 1. The molecule has 1 aromatic heterocycles. The average molecular weight is 400 g/mol. The molecule has 8 heteroatoms. The van der Waals surface area contributed by atoms with E-state index in [4.69, 9.17) is 9.94 Å². The smallest absolute Gasteiger partial charge is 0.247 e. The Morgan fingerprint density at radius 3 is 2.50 bits per heavy atom. The summed E-state index contributed by atoms with van der Waals surface area (Å²) in [5.74, 6) is -1.30. The van der Waals surface area contributed by atoms with Crippen molar-refractivity contribution in [3.8, 4) is 5.75 Å². The molecule has 1 heterocycles. The molecule has 2 aromatic carbocycles. The molecule has 0 saturated heterocycles. The van der Waals surface area contributed by atoms with Crippen molar-refractivity contribution in [2.75, 3.05) is 7.11 Å². The van der Waals surface area contributed by atoms with Crippen LogP contribution in [-0.2, 0) is 14.6 Å². The van der Waals surface area contributed by atoms with Crippen LogP contribution in [0.15, 0.2) is 65.7 Å². The van der Waals surface area contributed by atoms with Crippen LogP contribution in [0.1, 0.15) is 17.7 Å². The van der Waals surface area contributed by atoms with Crippen LogP contribution < -0.4 is 10.2 Å². The summed E-state index contributed by atoms with van der Waals surface area (Å²) in [7, 11) is -2.46. The molecule has 0 bridgehead atoms. The first-order chi connectivity index (χ1) is 13.4. The Morgan fingerprint density at radius 1 is 1.14 bits per heavy atom. The molecule has 3 rings (SSSR count). The van der Waals surface area contributed by atoms with Gasteiger partial charge in [-0.15, -0.1) is 0 Å². The number of hydrogen-bond donors (Lipinski definition) is 2. The van der Waals surface area contributed by atoms with E-state index in [0.717, 1.165) is 5.39 Å². The number of fused-ring (bicyclic) bond motifs is 1. The second kappa shape index (κ2) is 7.95. The molecule has 1 amide bonds. The summed E-state index contributed by atoms with van der Waals surface area (Å²) in [6.07, 6.45) is 1.65. The fourth-order valence-corrected chi connectivity index (χ4v) is 5.13. The molecule has 0 saturated carbocycles. The van der Waals surface area contributed by atoms with Gasteiger partial charge >= 0.3 is 0 Å². The van der Waals surface area contributed by atoms with Gasteiger partial charge in [0, 0.05) is 11.6 Å². The van der Waals surface area contributed by atoms with Gasteiger partial charge in [0.25, 0.3) is 0 Å². The highest BCUT2D eigenvalue weighted by atomic mass is 32.2. The predicted molar refractivity (Wildman–Crippen MR) is 104 cm³/mol. The van der Waals surface area contributed by atoms with Crippen LogP contribution in [0.25, 0.3) is 10.9 Å². The Bertz CT molecular complexity index is 1100. The first-order valence-corrected chi connectivity index (χ1v) is 10.1. The van der Waals surface area contributed by atoms with Crippen molar-refractivity contribution in [3.63, 3.8) is 0 Å². The Hall–Kier alpha value is -2.97. The standard InChI is InChI=1S/C20H20N2O5S/c1-13(20(23)22-24)19(15-5-10-18-14(12-15)4-3-11-21-18)28(25,26)17-8-6-16(27-2)7-9-17/h3-13,19,24H,1-2H3,(H,22,23). The number of rotatable bonds is 6. The molecule has 0 fully saturated rings. The van der Waals surface area contributed by atoms with Gasteiger partial charge in [-0.2, -0.15) is 0 Å². The minimum atomic E-state index is -3.95. The first-order valence-electron chi connectivity index (χ1n) is 8.55. The van der Waals surface area contributed by atoms with Gasteiger partial charge < -0.3 is 4.74 Å². The number of methoxy groups -OCH3 is 1. The van der Waals surface area contributed by atoms with Crippen LogP contribution >= 0.6 is 0 Å². The van der Waals surface area contributed by atoms with Crippen molar-refractivity contribution in [1.29, 1.82) is 0 Å². The number of ether oxygens (including phenoxy) is 1. The number of hydrogen-bond acceptors (Lipinski definition) is 6. The molecule has 0 spiro atoms. The van der Waals surface area contributed by atoms with E-state index in [1.807, 2.05) is 6.07 Å². The van der Waals surface area contributed by atoms with Gasteiger partial charge in [-0.05, 0) is 48.0 Å². The number of amides is 1. The van der Waals surface area contributed by atoms with E-state index in [1.165, 1.54) is 26.2 Å². The third-order valence-electron chi connectivity index (χ3n) is 4.66. The average Bonchev–Trinajstić information content (AvgIpc) is 2.73. The maximum atomic E-state index is 13.4. The summed E-state index contributed by atoms with van der Waals surface area (Å²) in [6.45, 7) is 1.46. The van der Waals surface area contributed by atoms with Gasteiger partial charge in [-0.25, -0.2) is 13.9 Å². The van der Waals surface area contributed by atoms with Crippen molar-refractivity contribution in [1.82, 2.24) is 10.5 Å². The lowest BCUT2D eigenvalue weighted by atomic mass is 9.98. The fraction of sp³-hybridized carbons (Fsp3) is 0.200. The fourth-order valence-electron chi connectivity index (χ4n) is 3.16. The highest BCUT2D eigenvalue weighted by Gasteiger charge is 2.37. The van der Waals surface area contributed by atoms with Gasteiger partial charge in [0.1, 0.15) is 11.0 Å². The Balaban J connectivity index is 2.15. The number of carbonyl (C=O) groups is 1. The summed E-state index contributed by atoms with van der Waals surface area (Å²) in [5.41, 5.74) is 2.71. The monoisotopic (exact) mass is 400 g/mol. The van der Waals surface area contributed by atoms with Crippen LogP contribution in [0.3, 0.4) is 0 Å². The number of nitrogens with zero attached hydrogens (tertiary/aromatic N) is 1.